The molecule has 128 valence electrons. The maximum Gasteiger partial charge on any atom is 0.441 e. The number of benzene rings is 1. The molecule has 1 fully saturated rings. The molecular formula is C14H13F2N3O5. The van der Waals surface area contributed by atoms with Crippen molar-refractivity contribution in [2.24, 2.45) is 0 Å². The standard InChI is InChI=1S/C14H13F2N3O5/c15-14(16)5-3-10(4-6-14)24-12-2-1-9(7-11(12)19(21)22)18-13(20)23-8-17-18/h1-2,7-8,10H,3-6H2. The van der Waals surface area contributed by atoms with E-state index in [2.05, 4.69) is 9.52 Å². The zero-order valence-corrected chi connectivity index (χ0v) is 12.4. The maximum atomic E-state index is 13.2. The molecule has 0 saturated heterocycles. The van der Waals surface area contributed by atoms with Gasteiger partial charge in [0.15, 0.2) is 5.75 Å². The molecule has 0 aliphatic heterocycles. The molecule has 1 saturated carbocycles. The maximum absolute atomic E-state index is 13.2. The lowest BCUT2D eigenvalue weighted by Gasteiger charge is -2.28. The quantitative estimate of drug-likeness (QED) is 0.626. The second-order valence-electron chi connectivity index (χ2n) is 5.50. The first-order chi connectivity index (χ1) is 11.4. The minimum Gasteiger partial charge on any atom is -0.483 e. The molecule has 1 heterocycles. The van der Waals surface area contributed by atoms with Crippen molar-refractivity contribution in [3.05, 3.63) is 45.3 Å². The summed E-state index contributed by atoms with van der Waals surface area (Å²) in [5, 5.41) is 14.9. The summed E-state index contributed by atoms with van der Waals surface area (Å²) in [6.45, 7) is 0. The number of nitrogens with zero attached hydrogens (tertiary/aromatic N) is 3. The normalized spacial score (nSPS) is 17.6. The Labute approximate surface area is 133 Å². The van der Waals surface area contributed by atoms with E-state index in [1.807, 2.05) is 0 Å². The van der Waals surface area contributed by atoms with Crippen LogP contribution in [0.15, 0.2) is 33.8 Å². The van der Waals surface area contributed by atoms with Gasteiger partial charge in [0.1, 0.15) is 0 Å². The van der Waals surface area contributed by atoms with Crippen molar-refractivity contribution in [2.45, 2.75) is 37.7 Å². The molecular weight excluding hydrogens is 328 g/mol. The molecule has 1 aliphatic rings. The van der Waals surface area contributed by atoms with E-state index >= 15 is 0 Å². The number of hydrogen-bond donors (Lipinski definition) is 0. The van der Waals surface area contributed by atoms with Gasteiger partial charge in [0.2, 0.25) is 12.3 Å². The van der Waals surface area contributed by atoms with Crippen LogP contribution in [0.2, 0.25) is 0 Å². The van der Waals surface area contributed by atoms with Crippen LogP contribution in [0.1, 0.15) is 25.7 Å². The number of nitro benzene ring substituents is 1. The van der Waals surface area contributed by atoms with Crippen LogP contribution >= 0.6 is 0 Å². The van der Waals surface area contributed by atoms with E-state index in [0.717, 1.165) is 17.1 Å². The first-order valence-corrected chi connectivity index (χ1v) is 7.22. The molecule has 0 N–H and O–H groups in total. The molecule has 0 amide bonds. The highest BCUT2D eigenvalue weighted by molar-refractivity contribution is 5.53. The lowest BCUT2D eigenvalue weighted by Crippen LogP contribution is -2.30. The Kier molecular flexibility index (Phi) is 4.04. The predicted octanol–water partition coefficient (Wildman–Crippen LogP) is 2.69. The molecule has 24 heavy (non-hydrogen) atoms. The zero-order chi connectivity index (χ0) is 17.3. The Morgan fingerprint density at radius 3 is 2.67 bits per heavy atom. The van der Waals surface area contributed by atoms with Gasteiger partial charge in [-0.2, -0.15) is 4.68 Å². The van der Waals surface area contributed by atoms with Gasteiger partial charge in [-0.15, -0.1) is 5.10 Å². The number of nitro groups is 1. The van der Waals surface area contributed by atoms with Crippen LogP contribution in [0.25, 0.3) is 5.69 Å². The second-order valence-corrected chi connectivity index (χ2v) is 5.50. The fourth-order valence-electron chi connectivity index (χ4n) is 2.58. The average molecular weight is 341 g/mol. The van der Waals surface area contributed by atoms with Gasteiger partial charge >= 0.3 is 11.4 Å². The fourth-order valence-corrected chi connectivity index (χ4v) is 2.58. The number of rotatable bonds is 4. The lowest BCUT2D eigenvalue weighted by atomic mass is 9.94. The van der Waals surface area contributed by atoms with Crippen molar-refractivity contribution < 1.29 is 22.9 Å². The van der Waals surface area contributed by atoms with Crippen molar-refractivity contribution in [1.82, 2.24) is 9.78 Å². The van der Waals surface area contributed by atoms with Crippen LogP contribution in [-0.4, -0.2) is 26.7 Å². The van der Waals surface area contributed by atoms with E-state index in [1.54, 1.807) is 0 Å². The highest BCUT2D eigenvalue weighted by Crippen LogP contribution is 2.37. The topological polar surface area (TPSA) is 100 Å². The van der Waals surface area contributed by atoms with Gasteiger partial charge in [-0.25, -0.2) is 13.6 Å². The summed E-state index contributed by atoms with van der Waals surface area (Å²) in [5.41, 5.74) is -0.234. The van der Waals surface area contributed by atoms with Gasteiger partial charge in [0.05, 0.1) is 16.7 Å². The van der Waals surface area contributed by atoms with Crippen LogP contribution in [0.4, 0.5) is 14.5 Å². The number of ether oxygens (including phenoxy) is 1. The van der Waals surface area contributed by atoms with Gasteiger partial charge in [-0.1, -0.05) is 0 Å². The Balaban J connectivity index is 1.85. The number of alkyl halides is 2. The molecule has 10 heteroatoms. The van der Waals surface area contributed by atoms with Crippen molar-refractivity contribution in [2.75, 3.05) is 0 Å². The average Bonchev–Trinajstić information content (AvgIpc) is 2.95. The molecule has 0 atom stereocenters. The van der Waals surface area contributed by atoms with E-state index < -0.39 is 22.7 Å². The summed E-state index contributed by atoms with van der Waals surface area (Å²) in [5.74, 6) is -3.52. The highest BCUT2D eigenvalue weighted by atomic mass is 19.3. The van der Waals surface area contributed by atoms with Crippen molar-refractivity contribution in [3.8, 4) is 11.4 Å². The van der Waals surface area contributed by atoms with Crippen LogP contribution < -0.4 is 10.5 Å². The SMILES string of the molecule is O=c1ocnn1-c1ccc(OC2CCC(F)(F)CC2)c([N+](=O)[O-])c1. The minimum absolute atomic E-state index is 0.0319. The molecule has 1 aliphatic carbocycles. The Morgan fingerprint density at radius 1 is 1.38 bits per heavy atom. The number of halogens is 2. The molecule has 1 aromatic heterocycles. The number of aromatic nitrogens is 2. The molecule has 3 rings (SSSR count). The second kappa shape index (κ2) is 6.02. The minimum atomic E-state index is -2.70. The van der Waals surface area contributed by atoms with Crippen LogP contribution in [0.5, 0.6) is 5.75 Å². The zero-order valence-electron chi connectivity index (χ0n) is 12.4. The fraction of sp³-hybridized carbons (Fsp3) is 0.429. The van der Waals surface area contributed by atoms with E-state index in [-0.39, 0.29) is 42.8 Å². The summed E-state index contributed by atoms with van der Waals surface area (Å²) in [4.78, 5) is 22.0. The van der Waals surface area contributed by atoms with Gasteiger partial charge < -0.3 is 9.15 Å². The number of hydrogen-bond acceptors (Lipinski definition) is 6. The first kappa shape index (κ1) is 16.1. The molecule has 8 nitrogen and oxygen atoms in total. The van der Waals surface area contributed by atoms with E-state index in [9.17, 15) is 23.7 Å². The summed E-state index contributed by atoms with van der Waals surface area (Å²) >= 11 is 0. The van der Waals surface area contributed by atoms with Crippen LogP contribution in [0.3, 0.4) is 0 Å². The Hall–Kier alpha value is -2.78. The van der Waals surface area contributed by atoms with E-state index in [4.69, 9.17) is 4.74 Å². The van der Waals surface area contributed by atoms with Gasteiger partial charge in [-0.3, -0.25) is 10.1 Å². The lowest BCUT2D eigenvalue weighted by molar-refractivity contribution is -0.386. The molecule has 0 bridgehead atoms. The van der Waals surface area contributed by atoms with Crippen molar-refractivity contribution in [1.29, 1.82) is 0 Å². The molecule has 0 radical (unpaired) electrons. The summed E-state index contributed by atoms with van der Waals surface area (Å²) in [7, 11) is 0. The first-order valence-electron chi connectivity index (χ1n) is 7.22. The van der Waals surface area contributed by atoms with Crippen LogP contribution in [-0.2, 0) is 0 Å². The van der Waals surface area contributed by atoms with E-state index in [0.29, 0.717) is 0 Å². The third-order valence-corrected chi connectivity index (χ3v) is 3.83. The Bertz CT molecular complexity index is 807. The van der Waals surface area contributed by atoms with E-state index in [1.165, 1.54) is 12.1 Å². The van der Waals surface area contributed by atoms with Gasteiger partial charge in [0.25, 0.3) is 0 Å². The highest BCUT2D eigenvalue weighted by Gasteiger charge is 2.36. The third-order valence-electron chi connectivity index (χ3n) is 3.83. The van der Waals surface area contributed by atoms with Gasteiger partial charge in [0, 0.05) is 18.9 Å². The Morgan fingerprint density at radius 2 is 2.08 bits per heavy atom. The molecule has 2 aromatic rings. The van der Waals surface area contributed by atoms with Gasteiger partial charge in [-0.05, 0) is 25.0 Å². The predicted molar refractivity (Wildman–Crippen MR) is 76.6 cm³/mol. The third kappa shape index (κ3) is 3.26. The van der Waals surface area contributed by atoms with Crippen molar-refractivity contribution in [3.63, 3.8) is 0 Å². The monoisotopic (exact) mass is 341 g/mol. The molecule has 0 spiro atoms. The molecule has 0 unspecified atom stereocenters. The summed E-state index contributed by atoms with van der Waals surface area (Å²) in [6, 6.07) is 3.85. The molecule has 1 aromatic carbocycles. The summed E-state index contributed by atoms with van der Waals surface area (Å²) in [6.07, 6.45) is 0.0313. The smallest absolute Gasteiger partial charge is 0.441 e. The van der Waals surface area contributed by atoms with Crippen LogP contribution in [0, 0.1) is 10.1 Å². The largest absolute Gasteiger partial charge is 0.483 e. The summed E-state index contributed by atoms with van der Waals surface area (Å²) < 4.78 is 37.2. The van der Waals surface area contributed by atoms with Crippen molar-refractivity contribution >= 4 is 5.69 Å².